The summed E-state index contributed by atoms with van der Waals surface area (Å²) in [5.74, 6) is 0. The van der Waals surface area contributed by atoms with Crippen LogP contribution in [0.3, 0.4) is 0 Å². The van der Waals surface area contributed by atoms with E-state index in [1.54, 1.807) is 0 Å². The van der Waals surface area contributed by atoms with Gasteiger partial charge in [-0.3, -0.25) is 0 Å². The minimum atomic E-state index is -3.24. The highest BCUT2D eigenvalue weighted by molar-refractivity contribution is 7.92. The zero-order chi connectivity index (χ0) is 9.12. The third-order valence-corrected chi connectivity index (χ3v) is 2.01. The topological polar surface area (TPSA) is 46.2 Å². The van der Waals surface area contributed by atoms with Gasteiger partial charge in [0.05, 0.1) is 0 Å². The Morgan fingerprint density at radius 2 is 1.91 bits per heavy atom. The lowest BCUT2D eigenvalue weighted by atomic mass is 9.98. The second-order valence-electron chi connectivity index (χ2n) is 3.59. The molecule has 0 amide bonds. The minimum Gasteiger partial charge on any atom is -0.211 e. The standard InChI is InChI=1S/C7H15NO2S/c1-5-11(9,10)8-6-7(2,3)4/h5,8H,1,6H2,2-4H3. The average molecular weight is 177 g/mol. The fraction of sp³-hybridized carbons (Fsp3) is 0.714. The lowest BCUT2D eigenvalue weighted by molar-refractivity contribution is 0.409. The van der Waals surface area contributed by atoms with E-state index >= 15 is 0 Å². The number of hydrogen-bond donors (Lipinski definition) is 1. The number of hydrogen-bond acceptors (Lipinski definition) is 2. The quantitative estimate of drug-likeness (QED) is 0.701. The molecule has 0 bridgehead atoms. The van der Waals surface area contributed by atoms with Gasteiger partial charge in [-0.2, -0.15) is 0 Å². The van der Waals surface area contributed by atoms with Gasteiger partial charge in [-0.1, -0.05) is 27.4 Å². The third kappa shape index (κ3) is 6.06. The van der Waals surface area contributed by atoms with Gasteiger partial charge in [-0.05, 0) is 5.41 Å². The summed E-state index contributed by atoms with van der Waals surface area (Å²) in [5.41, 5.74) is -0.0317. The molecule has 0 spiro atoms. The Hall–Kier alpha value is -0.350. The average Bonchev–Trinajstić information content (AvgIpc) is 1.83. The summed E-state index contributed by atoms with van der Waals surface area (Å²) >= 11 is 0. The Labute approximate surface area is 68.5 Å². The molecule has 0 aliphatic rings. The van der Waals surface area contributed by atoms with Gasteiger partial charge in [0.15, 0.2) is 0 Å². The van der Waals surface area contributed by atoms with E-state index in [9.17, 15) is 8.42 Å². The van der Waals surface area contributed by atoms with Gasteiger partial charge in [0.25, 0.3) is 0 Å². The van der Waals surface area contributed by atoms with Crippen molar-refractivity contribution >= 4 is 10.0 Å². The molecular formula is C7H15NO2S. The van der Waals surface area contributed by atoms with Crippen molar-refractivity contribution in [2.45, 2.75) is 20.8 Å². The molecule has 0 aliphatic carbocycles. The van der Waals surface area contributed by atoms with Gasteiger partial charge < -0.3 is 0 Å². The minimum absolute atomic E-state index is 0.0317. The molecule has 0 rings (SSSR count). The predicted molar refractivity (Wildman–Crippen MR) is 46.6 cm³/mol. The molecule has 0 atom stereocenters. The lowest BCUT2D eigenvalue weighted by Gasteiger charge is -2.17. The van der Waals surface area contributed by atoms with Crippen LogP contribution < -0.4 is 4.72 Å². The first-order chi connectivity index (χ1) is 4.77. The van der Waals surface area contributed by atoms with Crippen molar-refractivity contribution in [3.8, 4) is 0 Å². The van der Waals surface area contributed by atoms with Gasteiger partial charge >= 0.3 is 0 Å². The predicted octanol–water partition coefficient (Wildman–Crippen LogP) is 1.10. The van der Waals surface area contributed by atoms with Crippen molar-refractivity contribution in [3.63, 3.8) is 0 Å². The molecule has 0 heterocycles. The highest BCUT2D eigenvalue weighted by atomic mass is 32.2. The summed E-state index contributed by atoms with van der Waals surface area (Å²) in [6.45, 7) is 9.49. The van der Waals surface area contributed by atoms with Crippen LogP contribution in [0.4, 0.5) is 0 Å². The molecule has 0 aromatic rings. The van der Waals surface area contributed by atoms with Crippen LogP contribution in [0.15, 0.2) is 12.0 Å². The first-order valence-electron chi connectivity index (χ1n) is 3.39. The number of sulfonamides is 1. The van der Waals surface area contributed by atoms with Crippen LogP contribution in [0.5, 0.6) is 0 Å². The molecule has 0 radical (unpaired) electrons. The van der Waals surface area contributed by atoms with Crippen LogP contribution in [0, 0.1) is 5.41 Å². The van der Waals surface area contributed by atoms with E-state index in [0.29, 0.717) is 6.54 Å². The van der Waals surface area contributed by atoms with E-state index in [1.165, 1.54) is 0 Å². The largest absolute Gasteiger partial charge is 0.233 e. The Bertz CT molecular complexity index is 223. The smallest absolute Gasteiger partial charge is 0.211 e. The van der Waals surface area contributed by atoms with Crippen LogP contribution >= 0.6 is 0 Å². The monoisotopic (exact) mass is 177 g/mol. The maximum Gasteiger partial charge on any atom is 0.233 e. The fourth-order valence-corrected chi connectivity index (χ4v) is 1.13. The Balaban J connectivity index is 4.01. The first-order valence-corrected chi connectivity index (χ1v) is 4.93. The maximum absolute atomic E-state index is 10.8. The Morgan fingerprint density at radius 3 is 2.18 bits per heavy atom. The molecule has 66 valence electrons. The summed E-state index contributed by atoms with van der Waals surface area (Å²) in [4.78, 5) is 0. The zero-order valence-corrected chi connectivity index (χ0v) is 8.03. The molecule has 0 saturated heterocycles. The summed E-state index contributed by atoms with van der Waals surface area (Å²) in [6.07, 6.45) is 0. The SMILES string of the molecule is C=CS(=O)(=O)NCC(C)(C)C. The fourth-order valence-electron chi connectivity index (χ4n) is 0.376. The molecule has 11 heavy (non-hydrogen) atoms. The van der Waals surface area contributed by atoms with E-state index in [1.807, 2.05) is 20.8 Å². The van der Waals surface area contributed by atoms with Crippen molar-refractivity contribution in [3.05, 3.63) is 12.0 Å². The molecule has 0 aromatic carbocycles. The molecular weight excluding hydrogens is 162 g/mol. The van der Waals surface area contributed by atoms with Crippen LogP contribution in [0.1, 0.15) is 20.8 Å². The van der Waals surface area contributed by atoms with Gasteiger partial charge in [-0.25, -0.2) is 13.1 Å². The van der Waals surface area contributed by atoms with Crippen LogP contribution in [-0.4, -0.2) is 15.0 Å². The second-order valence-corrected chi connectivity index (χ2v) is 5.31. The van der Waals surface area contributed by atoms with Gasteiger partial charge in [0, 0.05) is 12.0 Å². The summed E-state index contributed by atoms with van der Waals surface area (Å²) in [5, 5.41) is 0.915. The lowest BCUT2D eigenvalue weighted by Crippen LogP contribution is -2.30. The number of rotatable bonds is 3. The number of nitrogens with one attached hydrogen (secondary N) is 1. The van der Waals surface area contributed by atoms with Gasteiger partial charge in [-0.15, -0.1) is 0 Å². The highest BCUT2D eigenvalue weighted by Crippen LogP contribution is 2.10. The van der Waals surface area contributed by atoms with Crippen molar-refractivity contribution < 1.29 is 8.42 Å². The first kappa shape index (κ1) is 10.7. The second kappa shape index (κ2) is 3.36. The molecule has 0 saturated carbocycles. The van der Waals surface area contributed by atoms with Gasteiger partial charge in [0.2, 0.25) is 10.0 Å². The van der Waals surface area contributed by atoms with Crippen molar-refractivity contribution in [2.24, 2.45) is 5.41 Å². The van der Waals surface area contributed by atoms with Crippen molar-refractivity contribution in [2.75, 3.05) is 6.54 Å². The molecule has 4 heteroatoms. The van der Waals surface area contributed by atoms with Crippen LogP contribution in [-0.2, 0) is 10.0 Å². The van der Waals surface area contributed by atoms with Crippen LogP contribution in [0.25, 0.3) is 0 Å². The van der Waals surface area contributed by atoms with E-state index in [2.05, 4.69) is 11.3 Å². The molecule has 3 nitrogen and oxygen atoms in total. The molecule has 0 aliphatic heterocycles. The van der Waals surface area contributed by atoms with E-state index in [0.717, 1.165) is 5.41 Å². The molecule has 0 aromatic heterocycles. The molecule has 0 fully saturated rings. The third-order valence-electron chi connectivity index (χ3n) is 1.02. The zero-order valence-electron chi connectivity index (χ0n) is 7.22. The van der Waals surface area contributed by atoms with Crippen LogP contribution in [0.2, 0.25) is 0 Å². The maximum atomic E-state index is 10.8. The highest BCUT2D eigenvalue weighted by Gasteiger charge is 2.13. The summed E-state index contributed by atoms with van der Waals surface area (Å²) < 4.78 is 24.0. The molecule has 0 unspecified atom stereocenters. The normalized spacial score (nSPS) is 13.0. The Morgan fingerprint density at radius 1 is 1.45 bits per heavy atom. The van der Waals surface area contributed by atoms with Gasteiger partial charge in [0.1, 0.15) is 0 Å². The van der Waals surface area contributed by atoms with Crippen molar-refractivity contribution in [1.29, 1.82) is 0 Å². The van der Waals surface area contributed by atoms with Crippen molar-refractivity contribution in [1.82, 2.24) is 4.72 Å². The van der Waals surface area contributed by atoms with E-state index in [4.69, 9.17) is 0 Å². The molecule has 1 N–H and O–H groups in total. The van der Waals surface area contributed by atoms with E-state index in [-0.39, 0.29) is 5.41 Å². The Kier molecular flexibility index (Phi) is 3.26. The summed E-state index contributed by atoms with van der Waals surface area (Å²) in [6, 6.07) is 0. The summed E-state index contributed by atoms with van der Waals surface area (Å²) in [7, 11) is -3.24. The van der Waals surface area contributed by atoms with E-state index < -0.39 is 10.0 Å².